The van der Waals surface area contributed by atoms with Gasteiger partial charge in [-0.25, -0.2) is 4.79 Å². The summed E-state index contributed by atoms with van der Waals surface area (Å²) >= 11 is 0. The van der Waals surface area contributed by atoms with Crippen LogP contribution in [0.1, 0.15) is 64.7 Å². The third-order valence-electron chi connectivity index (χ3n) is 5.43. The number of carbonyl (C=O) groups excluding carboxylic acids is 1. The van der Waals surface area contributed by atoms with E-state index in [0.717, 1.165) is 25.9 Å². The molecule has 0 bridgehead atoms. The van der Waals surface area contributed by atoms with E-state index < -0.39 is 11.8 Å². The van der Waals surface area contributed by atoms with Gasteiger partial charge in [-0.1, -0.05) is 44.1 Å². The Morgan fingerprint density at radius 1 is 1.29 bits per heavy atom. The van der Waals surface area contributed by atoms with Crippen LogP contribution in [0.5, 0.6) is 0 Å². The first-order chi connectivity index (χ1) is 13.3. The zero-order chi connectivity index (χ0) is 21.0. The minimum absolute atomic E-state index is 0.0306. The lowest BCUT2D eigenvalue weighted by atomic mass is 9.90. The molecule has 1 aliphatic carbocycles. The smallest absolute Gasteiger partial charge is 0.364 e. The average Bonchev–Trinajstić information content (AvgIpc) is 2.98. The first-order valence-corrected chi connectivity index (χ1v) is 10.3. The molecular weight excluding hydrogens is 360 g/mol. The summed E-state index contributed by atoms with van der Waals surface area (Å²) in [7, 11) is 1.73. The van der Waals surface area contributed by atoms with Gasteiger partial charge >= 0.3 is 5.97 Å². The summed E-state index contributed by atoms with van der Waals surface area (Å²) in [6.07, 6.45) is 14.5. The fourth-order valence-electron chi connectivity index (χ4n) is 3.57. The zero-order valence-electron chi connectivity index (χ0n) is 17.2. The number of aliphatic hydroxyl groups is 2. The van der Waals surface area contributed by atoms with E-state index >= 15 is 0 Å². The van der Waals surface area contributed by atoms with Crippen molar-refractivity contribution in [2.24, 2.45) is 17.8 Å². The van der Waals surface area contributed by atoms with Crippen LogP contribution in [0, 0.1) is 17.8 Å². The Labute approximate surface area is 168 Å². The molecule has 160 valence electrons. The molecular formula is C22H36O6. The highest BCUT2D eigenvalue weighted by molar-refractivity contribution is 5.83. The number of carbonyl (C=O) groups is 2. The van der Waals surface area contributed by atoms with E-state index in [1.807, 2.05) is 6.08 Å². The van der Waals surface area contributed by atoms with E-state index in [0.29, 0.717) is 18.8 Å². The standard InChI is InChI=1S/C22H36O6/c1-17(9-5-7-16-28-2)10-8-11-18-13-14-20(23)19(18)12-4-3-6-15-22(26,27)21(24)25/h3-4,8,11,17-19,26-27H,5-7,9-10,12-16H2,1-2H3,(H,24,25)/b4-3-,11-8+/t17-,18-,19+/m0/s1. The molecule has 1 fully saturated rings. The van der Waals surface area contributed by atoms with Gasteiger partial charge in [-0.05, 0) is 43.9 Å². The molecule has 0 radical (unpaired) electrons. The van der Waals surface area contributed by atoms with Crippen molar-refractivity contribution in [2.45, 2.75) is 70.5 Å². The molecule has 6 heteroatoms. The Balaban J connectivity index is 2.37. The molecule has 0 aliphatic heterocycles. The predicted octanol–water partition coefficient (Wildman–Crippen LogP) is 3.47. The van der Waals surface area contributed by atoms with Gasteiger partial charge in [-0.3, -0.25) is 4.79 Å². The van der Waals surface area contributed by atoms with Crippen molar-refractivity contribution >= 4 is 11.8 Å². The van der Waals surface area contributed by atoms with Gasteiger partial charge < -0.3 is 20.1 Å². The summed E-state index contributed by atoms with van der Waals surface area (Å²) in [5.74, 6) is -3.22. The number of carboxylic acids is 1. The summed E-state index contributed by atoms with van der Waals surface area (Å²) < 4.78 is 5.07. The second-order valence-corrected chi connectivity index (χ2v) is 7.90. The predicted molar refractivity (Wildman–Crippen MR) is 108 cm³/mol. The van der Waals surface area contributed by atoms with E-state index in [1.165, 1.54) is 12.8 Å². The van der Waals surface area contributed by atoms with Gasteiger partial charge in [0, 0.05) is 32.5 Å². The summed E-state index contributed by atoms with van der Waals surface area (Å²) in [6.45, 7) is 3.06. The van der Waals surface area contributed by atoms with Crippen LogP contribution in [0.25, 0.3) is 0 Å². The molecule has 3 N–H and O–H groups in total. The minimum Gasteiger partial charge on any atom is -0.477 e. The zero-order valence-corrected chi connectivity index (χ0v) is 17.2. The van der Waals surface area contributed by atoms with Gasteiger partial charge in [0.2, 0.25) is 0 Å². The van der Waals surface area contributed by atoms with Gasteiger partial charge in [0.15, 0.2) is 0 Å². The van der Waals surface area contributed by atoms with Crippen LogP contribution in [-0.4, -0.2) is 46.6 Å². The van der Waals surface area contributed by atoms with E-state index in [-0.39, 0.29) is 30.5 Å². The van der Waals surface area contributed by atoms with Crippen molar-refractivity contribution in [3.05, 3.63) is 24.3 Å². The molecule has 1 rings (SSSR count). The highest BCUT2D eigenvalue weighted by Crippen LogP contribution is 2.33. The van der Waals surface area contributed by atoms with Gasteiger partial charge in [-0.15, -0.1) is 0 Å². The van der Waals surface area contributed by atoms with Crippen molar-refractivity contribution in [1.82, 2.24) is 0 Å². The maximum absolute atomic E-state index is 12.2. The number of Topliss-reactive ketones (excluding diaryl/α,β-unsaturated/α-hetero) is 1. The third kappa shape index (κ3) is 9.13. The highest BCUT2D eigenvalue weighted by atomic mass is 16.5. The molecule has 0 aromatic rings. The van der Waals surface area contributed by atoms with Gasteiger partial charge in [0.1, 0.15) is 5.78 Å². The Bertz CT molecular complexity index is 537. The average molecular weight is 397 g/mol. The molecule has 0 aromatic carbocycles. The summed E-state index contributed by atoms with van der Waals surface area (Å²) in [5.41, 5.74) is 0. The van der Waals surface area contributed by atoms with Gasteiger partial charge in [-0.2, -0.15) is 0 Å². The number of carboxylic acid groups (broad SMARTS) is 1. The second-order valence-electron chi connectivity index (χ2n) is 7.90. The number of hydrogen-bond acceptors (Lipinski definition) is 5. The van der Waals surface area contributed by atoms with Crippen LogP contribution in [0.4, 0.5) is 0 Å². The maximum atomic E-state index is 12.2. The quantitative estimate of drug-likeness (QED) is 0.236. The number of ether oxygens (including phenoxy) is 1. The molecule has 0 saturated heterocycles. The molecule has 0 spiro atoms. The molecule has 1 aliphatic rings. The molecule has 0 unspecified atom stereocenters. The number of ketones is 1. The monoisotopic (exact) mass is 396 g/mol. The van der Waals surface area contributed by atoms with E-state index in [4.69, 9.17) is 9.84 Å². The normalized spacial score (nSPS) is 21.8. The fraction of sp³-hybridized carbons (Fsp3) is 0.727. The summed E-state index contributed by atoms with van der Waals surface area (Å²) in [4.78, 5) is 22.8. The lowest BCUT2D eigenvalue weighted by Gasteiger charge is -2.15. The molecule has 0 aromatic heterocycles. The van der Waals surface area contributed by atoms with Crippen LogP contribution in [-0.2, 0) is 14.3 Å². The summed E-state index contributed by atoms with van der Waals surface area (Å²) in [5, 5.41) is 27.2. The van der Waals surface area contributed by atoms with Gasteiger partial charge in [0.25, 0.3) is 5.79 Å². The molecule has 6 nitrogen and oxygen atoms in total. The van der Waals surface area contributed by atoms with Crippen molar-refractivity contribution in [3.8, 4) is 0 Å². The van der Waals surface area contributed by atoms with Crippen LogP contribution in [0.2, 0.25) is 0 Å². The Hall–Kier alpha value is -1.50. The number of aliphatic carboxylic acids is 1. The van der Waals surface area contributed by atoms with Crippen molar-refractivity contribution in [1.29, 1.82) is 0 Å². The number of methoxy groups -OCH3 is 1. The molecule has 3 atom stereocenters. The lowest BCUT2D eigenvalue weighted by molar-refractivity contribution is -0.205. The second kappa shape index (κ2) is 12.9. The third-order valence-corrected chi connectivity index (χ3v) is 5.43. The fourth-order valence-corrected chi connectivity index (χ4v) is 3.57. The Morgan fingerprint density at radius 2 is 2.04 bits per heavy atom. The minimum atomic E-state index is -2.70. The van der Waals surface area contributed by atoms with Crippen LogP contribution in [0.15, 0.2) is 24.3 Å². The van der Waals surface area contributed by atoms with Crippen LogP contribution in [0.3, 0.4) is 0 Å². The van der Waals surface area contributed by atoms with E-state index in [9.17, 15) is 19.8 Å². The number of allylic oxidation sites excluding steroid dienone is 4. The summed E-state index contributed by atoms with van der Waals surface area (Å²) in [6, 6.07) is 0. The maximum Gasteiger partial charge on any atom is 0.364 e. The van der Waals surface area contributed by atoms with Crippen molar-refractivity contribution < 1.29 is 29.6 Å². The van der Waals surface area contributed by atoms with Crippen LogP contribution >= 0.6 is 0 Å². The first kappa shape index (κ1) is 24.5. The largest absolute Gasteiger partial charge is 0.477 e. The Kier molecular flexibility index (Phi) is 11.3. The molecule has 0 amide bonds. The topological polar surface area (TPSA) is 104 Å². The van der Waals surface area contributed by atoms with E-state index in [2.05, 4.69) is 19.1 Å². The van der Waals surface area contributed by atoms with Gasteiger partial charge in [0.05, 0.1) is 0 Å². The lowest BCUT2D eigenvalue weighted by Crippen LogP contribution is -2.37. The number of unbranched alkanes of at least 4 members (excludes halogenated alkanes) is 1. The SMILES string of the molecule is COCCCC[C@H](C)C/C=C/[C@H]1CCC(=O)[C@@H]1C/C=C\CCC(O)(O)C(=O)O. The molecule has 28 heavy (non-hydrogen) atoms. The first-order valence-electron chi connectivity index (χ1n) is 10.3. The van der Waals surface area contributed by atoms with E-state index in [1.54, 1.807) is 13.2 Å². The van der Waals surface area contributed by atoms with Crippen LogP contribution < -0.4 is 0 Å². The number of rotatable bonds is 14. The van der Waals surface area contributed by atoms with Crippen molar-refractivity contribution in [3.63, 3.8) is 0 Å². The molecule has 1 saturated carbocycles. The Morgan fingerprint density at radius 3 is 2.71 bits per heavy atom. The number of hydrogen-bond donors (Lipinski definition) is 3. The molecule has 0 heterocycles. The van der Waals surface area contributed by atoms with Crippen molar-refractivity contribution in [2.75, 3.05) is 13.7 Å². The highest BCUT2D eigenvalue weighted by Gasteiger charge is 2.33.